The first-order valence-electron chi connectivity index (χ1n) is 6.81. The molecule has 0 radical (unpaired) electrons. The summed E-state index contributed by atoms with van der Waals surface area (Å²) in [5.41, 5.74) is 2.04. The summed E-state index contributed by atoms with van der Waals surface area (Å²) >= 11 is 0. The highest BCUT2D eigenvalue weighted by molar-refractivity contribution is 5.19. The quantitative estimate of drug-likeness (QED) is 0.831. The van der Waals surface area contributed by atoms with Gasteiger partial charge in [0.05, 0.1) is 12.7 Å². The Bertz CT molecular complexity index is 496. The second-order valence-electron chi connectivity index (χ2n) is 4.70. The van der Waals surface area contributed by atoms with Crippen molar-refractivity contribution in [2.24, 2.45) is 0 Å². The SMILES string of the molecule is OCCCC(OCc1ccccc1)c1ccc(F)cc1. The van der Waals surface area contributed by atoms with Crippen LogP contribution in [-0.4, -0.2) is 11.7 Å². The zero-order chi connectivity index (χ0) is 14.2. The van der Waals surface area contributed by atoms with Crippen LogP contribution in [0.25, 0.3) is 0 Å². The Morgan fingerprint density at radius 2 is 1.70 bits per heavy atom. The molecule has 0 fully saturated rings. The summed E-state index contributed by atoms with van der Waals surface area (Å²) in [6.45, 7) is 0.640. The summed E-state index contributed by atoms with van der Waals surface area (Å²) < 4.78 is 18.9. The van der Waals surface area contributed by atoms with E-state index in [-0.39, 0.29) is 18.5 Å². The van der Waals surface area contributed by atoms with E-state index in [1.54, 1.807) is 12.1 Å². The molecule has 0 heterocycles. The highest BCUT2D eigenvalue weighted by atomic mass is 19.1. The van der Waals surface area contributed by atoms with Gasteiger partial charge in [0.25, 0.3) is 0 Å². The molecule has 2 rings (SSSR count). The lowest BCUT2D eigenvalue weighted by molar-refractivity contribution is 0.0295. The molecular formula is C17H19FO2. The second kappa shape index (κ2) is 7.78. The van der Waals surface area contributed by atoms with Gasteiger partial charge < -0.3 is 9.84 Å². The lowest BCUT2D eigenvalue weighted by atomic mass is 10.0. The minimum atomic E-state index is -0.252. The molecule has 0 saturated heterocycles. The van der Waals surface area contributed by atoms with Crippen LogP contribution >= 0.6 is 0 Å². The van der Waals surface area contributed by atoms with Crippen molar-refractivity contribution < 1.29 is 14.2 Å². The molecule has 0 spiro atoms. The highest BCUT2D eigenvalue weighted by Gasteiger charge is 2.12. The van der Waals surface area contributed by atoms with Gasteiger partial charge in [-0.2, -0.15) is 0 Å². The maximum absolute atomic E-state index is 13.0. The van der Waals surface area contributed by atoms with Crippen molar-refractivity contribution in [3.05, 3.63) is 71.5 Å². The Morgan fingerprint density at radius 3 is 2.35 bits per heavy atom. The van der Waals surface area contributed by atoms with Gasteiger partial charge in [-0.25, -0.2) is 4.39 Å². The molecule has 1 N–H and O–H groups in total. The molecule has 0 aromatic heterocycles. The fourth-order valence-corrected chi connectivity index (χ4v) is 2.07. The molecule has 20 heavy (non-hydrogen) atoms. The average Bonchev–Trinajstić information content (AvgIpc) is 2.50. The highest BCUT2D eigenvalue weighted by Crippen LogP contribution is 2.24. The van der Waals surface area contributed by atoms with Crippen LogP contribution in [0.3, 0.4) is 0 Å². The predicted molar refractivity (Wildman–Crippen MR) is 76.7 cm³/mol. The van der Waals surface area contributed by atoms with Gasteiger partial charge in [-0.05, 0) is 36.1 Å². The number of aliphatic hydroxyl groups excluding tert-OH is 1. The van der Waals surface area contributed by atoms with Crippen LogP contribution in [-0.2, 0) is 11.3 Å². The van der Waals surface area contributed by atoms with Crippen molar-refractivity contribution in [1.29, 1.82) is 0 Å². The van der Waals surface area contributed by atoms with E-state index in [2.05, 4.69) is 0 Å². The Kier molecular flexibility index (Phi) is 5.71. The maximum Gasteiger partial charge on any atom is 0.123 e. The molecule has 0 saturated carbocycles. The second-order valence-corrected chi connectivity index (χ2v) is 4.70. The van der Waals surface area contributed by atoms with Crippen molar-refractivity contribution in [2.45, 2.75) is 25.6 Å². The summed E-state index contributed by atoms with van der Waals surface area (Å²) in [6.07, 6.45) is 1.26. The summed E-state index contributed by atoms with van der Waals surface area (Å²) in [4.78, 5) is 0. The minimum Gasteiger partial charge on any atom is -0.396 e. The first kappa shape index (κ1) is 14.7. The fourth-order valence-electron chi connectivity index (χ4n) is 2.07. The summed E-state index contributed by atoms with van der Waals surface area (Å²) in [5, 5.41) is 8.98. The molecule has 1 unspecified atom stereocenters. The van der Waals surface area contributed by atoms with E-state index < -0.39 is 0 Å². The lowest BCUT2D eigenvalue weighted by Gasteiger charge is -2.18. The van der Waals surface area contributed by atoms with Crippen LogP contribution in [0, 0.1) is 5.82 Å². The van der Waals surface area contributed by atoms with E-state index in [0.717, 1.165) is 17.5 Å². The van der Waals surface area contributed by atoms with Crippen LogP contribution in [0.2, 0.25) is 0 Å². The number of hydrogen-bond acceptors (Lipinski definition) is 2. The van der Waals surface area contributed by atoms with Crippen molar-refractivity contribution in [3.8, 4) is 0 Å². The summed E-state index contributed by atoms with van der Waals surface area (Å²) in [6, 6.07) is 16.3. The molecule has 2 aromatic carbocycles. The number of hydrogen-bond donors (Lipinski definition) is 1. The molecule has 2 aromatic rings. The predicted octanol–water partition coefficient (Wildman–Crippen LogP) is 3.86. The standard InChI is InChI=1S/C17H19FO2/c18-16-10-8-15(9-11-16)17(7-4-12-19)20-13-14-5-2-1-3-6-14/h1-3,5-6,8-11,17,19H,4,7,12-13H2. The lowest BCUT2D eigenvalue weighted by Crippen LogP contribution is -2.06. The number of aliphatic hydroxyl groups is 1. The minimum absolute atomic E-state index is 0.122. The molecule has 2 nitrogen and oxygen atoms in total. The van der Waals surface area contributed by atoms with Crippen LogP contribution in [0.4, 0.5) is 4.39 Å². The Morgan fingerprint density at radius 1 is 1.00 bits per heavy atom. The van der Waals surface area contributed by atoms with E-state index >= 15 is 0 Å². The molecule has 0 amide bonds. The van der Waals surface area contributed by atoms with Crippen LogP contribution < -0.4 is 0 Å². The molecule has 0 aliphatic heterocycles. The van der Waals surface area contributed by atoms with Gasteiger partial charge in [0.2, 0.25) is 0 Å². The maximum atomic E-state index is 13.0. The van der Waals surface area contributed by atoms with E-state index in [1.807, 2.05) is 30.3 Å². The molecule has 0 aliphatic rings. The summed E-state index contributed by atoms with van der Waals surface area (Å²) in [5.74, 6) is -0.252. The largest absolute Gasteiger partial charge is 0.396 e. The molecule has 0 bridgehead atoms. The van der Waals surface area contributed by atoms with Crippen molar-refractivity contribution in [3.63, 3.8) is 0 Å². The van der Waals surface area contributed by atoms with Gasteiger partial charge >= 0.3 is 0 Å². The van der Waals surface area contributed by atoms with E-state index in [1.165, 1.54) is 12.1 Å². The molecule has 0 aliphatic carbocycles. The topological polar surface area (TPSA) is 29.5 Å². The smallest absolute Gasteiger partial charge is 0.123 e. The third-order valence-corrected chi connectivity index (χ3v) is 3.16. The van der Waals surface area contributed by atoms with Crippen LogP contribution in [0.5, 0.6) is 0 Å². The number of rotatable bonds is 7. The Hall–Kier alpha value is -1.71. The van der Waals surface area contributed by atoms with Crippen LogP contribution in [0.15, 0.2) is 54.6 Å². The van der Waals surface area contributed by atoms with Gasteiger partial charge in [-0.1, -0.05) is 42.5 Å². The van der Waals surface area contributed by atoms with Crippen molar-refractivity contribution in [2.75, 3.05) is 6.61 Å². The molecular weight excluding hydrogens is 255 g/mol. The first-order chi connectivity index (χ1) is 9.79. The third kappa shape index (κ3) is 4.44. The van der Waals surface area contributed by atoms with Crippen molar-refractivity contribution >= 4 is 0 Å². The summed E-state index contributed by atoms with van der Waals surface area (Å²) in [7, 11) is 0. The van der Waals surface area contributed by atoms with Gasteiger partial charge in [-0.15, -0.1) is 0 Å². The average molecular weight is 274 g/mol. The van der Waals surface area contributed by atoms with Gasteiger partial charge in [0.1, 0.15) is 5.82 Å². The normalized spacial score (nSPS) is 12.3. The molecule has 3 heteroatoms. The van der Waals surface area contributed by atoms with Gasteiger partial charge in [-0.3, -0.25) is 0 Å². The third-order valence-electron chi connectivity index (χ3n) is 3.16. The Balaban J connectivity index is 2.01. The van der Waals surface area contributed by atoms with E-state index in [4.69, 9.17) is 9.84 Å². The van der Waals surface area contributed by atoms with Gasteiger partial charge in [0.15, 0.2) is 0 Å². The van der Waals surface area contributed by atoms with Crippen LogP contribution in [0.1, 0.15) is 30.1 Å². The molecule has 1 atom stereocenters. The molecule has 106 valence electrons. The number of benzene rings is 2. The first-order valence-corrected chi connectivity index (χ1v) is 6.81. The monoisotopic (exact) mass is 274 g/mol. The zero-order valence-electron chi connectivity index (χ0n) is 11.3. The zero-order valence-corrected chi connectivity index (χ0v) is 11.3. The van der Waals surface area contributed by atoms with E-state index in [0.29, 0.717) is 13.0 Å². The van der Waals surface area contributed by atoms with Gasteiger partial charge in [0, 0.05) is 6.61 Å². The van der Waals surface area contributed by atoms with Crippen molar-refractivity contribution in [1.82, 2.24) is 0 Å². The number of halogens is 1. The fraction of sp³-hybridized carbons (Fsp3) is 0.294. The van der Waals surface area contributed by atoms with E-state index in [9.17, 15) is 4.39 Å². The number of ether oxygens (including phenoxy) is 1. The Labute approximate surface area is 118 Å².